The fourth-order valence-electron chi connectivity index (χ4n) is 6.63. The average Bonchev–Trinajstić information content (AvgIpc) is 3.22. The minimum atomic E-state index is -3.59. The molecule has 166 valence electrons. The molecule has 0 radical (unpaired) electrons. The van der Waals surface area contributed by atoms with Crippen molar-refractivity contribution in [2.24, 2.45) is 17.8 Å². The predicted molar refractivity (Wildman–Crippen MR) is 119 cm³/mol. The summed E-state index contributed by atoms with van der Waals surface area (Å²) in [7, 11) is -3.59. The van der Waals surface area contributed by atoms with Gasteiger partial charge in [-0.1, -0.05) is 12.1 Å². The zero-order chi connectivity index (χ0) is 21.6. The summed E-state index contributed by atoms with van der Waals surface area (Å²) in [6.07, 6.45) is 10.7. The highest BCUT2D eigenvalue weighted by Crippen LogP contribution is 2.60. The topological polar surface area (TPSA) is 79.6 Å². The highest BCUT2D eigenvalue weighted by Gasteiger charge is 2.51. The van der Waals surface area contributed by atoms with Crippen LogP contribution in [0.4, 0.5) is 5.69 Å². The van der Waals surface area contributed by atoms with Gasteiger partial charge in [0.25, 0.3) is 0 Å². The van der Waals surface area contributed by atoms with Crippen LogP contribution in [0.3, 0.4) is 0 Å². The molecule has 6 nitrogen and oxygen atoms in total. The summed E-state index contributed by atoms with van der Waals surface area (Å²) in [5.41, 5.74) is 2.14. The van der Waals surface area contributed by atoms with Gasteiger partial charge in [0, 0.05) is 0 Å². The van der Waals surface area contributed by atoms with Gasteiger partial charge in [-0.15, -0.1) is 0 Å². The molecule has 0 spiro atoms. The van der Waals surface area contributed by atoms with Crippen molar-refractivity contribution in [3.05, 3.63) is 54.0 Å². The van der Waals surface area contributed by atoms with Gasteiger partial charge >= 0.3 is 0 Å². The van der Waals surface area contributed by atoms with Crippen molar-refractivity contribution < 1.29 is 17.6 Å². The maximum atomic E-state index is 12.4. The summed E-state index contributed by atoms with van der Waals surface area (Å²) in [6, 6.07) is 11.4. The number of carbonyl (C=O) groups is 1. The van der Waals surface area contributed by atoms with Crippen LogP contribution in [0.5, 0.6) is 0 Å². The first-order valence-electron chi connectivity index (χ1n) is 11.2. The summed E-state index contributed by atoms with van der Waals surface area (Å²) < 4.78 is 31.3. The van der Waals surface area contributed by atoms with Crippen LogP contribution in [0.2, 0.25) is 0 Å². The lowest BCUT2D eigenvalue weighted by Crippen LogP contribution is -2.48. The van der Waals surface area contributed by atoms with Crippen LogP contribution < -0.4 is 9.62 Å². The van der Waals surface area contributed by atoms with E-state index in [0.717, 1.165) is 24.0 Å². The summed E-state index contributed by atoms with van der Waals surface area (Å²) >= 11 is 0. The first kappa shape index (κ1) is 20.6. The van der Waals surface area contributed by atoms with E-state index in [0.29, 0.717) is 11.4 Å². The Labute approximate surface area is 184 Å². The third kappa shape index (κ3) is 4.12. The highest BCUT2D eigenvalue weighted by atomic mass is 32.2. The van der Waals surface area contributed by atoms with Crippen LogP contribution in [-0.4, -0.2) is 27.1 Å². The van der Waals surface area contributed by atoms with Crippen LogP contribution >= 0.6 is 0 Å². The lowest BCUT2D eigenvalue weighted by atomic mass is 9.48. The van der Waals surface area contributed by atoms with E-state index < -0.39 is 10.0 Å². The maximum absolute atomic E-state index is 12.4. The van der Waals surface area contributed by atoms with Crippen LogP contribution in [0.25, 0.3) is 0 Å². The van der Waals surface area contributed by atoms with Gasteiger partial charge in [-0.25, -0.2) is 8.42 Å². The Balaban J connectivity index is 1.32. The molecule has 4 bridgehead atoms. The molecule has 7 heteroatoms. The smallest absolute Gasteiger partial charge is 0.241 e. The van der Waals surface area contributed by atoms with Gasteiger partial charge in [0.2, 0.25) is 15.9 Å². The molecule has 0 saturated heterocycles. The molecule has 1 aromatic heterocycles. The Morgan fingerprint density at radius 1 is 1.06 bits per heavy atom. The molecule has 6 rings (SSSR count). The third-order valence-corrected chi connectivity index (χ3v) is 8.67. The van der Waals surface area contributed by atoms with Crippen LogP contribution in [-0.2, 0) is 26.8 Å². The van der Waals surface area contributed by atoms with E-state index in [1.54, 1.807) is 12.1 Å². The zero-order valence-electron chi connectivity index (χ0n) is 17.9. The second-order valence-electron chi connectivity index (χ2n) is 9.87. The van der Waals surface area contributed by atoms with E-state index in [1.165, 1.54) is 54.7 Å². The van der Waals surface area contributed by atoms with Crippen molar-refractivity contribution in [2.75, 3.05) is 17.1 Å². The lowest BCUT2D eigenvalue weighted by molar-refractivity contribution is -0.119. The summed E-state index contributed by atoms with van der Waals surface area (Å²) in [6.45, 7) is -0.0232. The zero-order valence-corrected chi connectivity index (χ0v) is 18.7. The molecule has 4 aliphatic carbocycles. The molecule has 4 saturated carbocycles. The highest BCUT2D eigenvalue weighted by molar-refractivity contribution is 7.92. The van der Waals surface area contributed by atoms with Crippen LogP contribution in [0.15, 0.2) is 47.1 Å². The molecular formula is C24H30N2O4S. The van der Waals surface area contributed by atoms with Gasteiger partial charge in [-0.3, -0.25) is 9.10 Å². The lowest BCUT2D eigenvalue weighted by Gasteiger charge is -2.57. The fraction of sp³-hybridized carbons (Fsp3) is 0.542. The van der Waals surface area contributed by atoms with Crippen molar-refractivity contribution in [2.45, 2.75) is 50.5 Å². The van der Waals surface area contributed by atoms with E-state index in [9.17, 15) is 13.2 Å². The molecule has 1 aromatic carbocycles. The second kappa shape index (κ2) is 7.69. The number of rotatable bonds is 7. The molecule has 0 unspecified atom stereocenters. The number of benzene rings is 1. The Morgan fingerprint density at radius 3 is 2.19 bits per heavy atom. The molecule has 0 atom stereocenters. The van der Waals surface area contributed by atoms with Crippen molar-refractivity contribution in [3.8, 4) is 0 Å². The van der Waals surface area contributed by atoms with E-state index in [2.05, 4.69) is 17.4 Å². The normalized spacial score (nSPS) is 29.1. The number of anilines is 1. The van der Waals surface area contributed by atoms with Gasteiger partial charge in [0.05, 0.1) is 24.8 Å². The number of nitrogens with one attached hydrogen (secondary N) is 1. The van der Waals surface area contributed by atoms with E-state index in [4.69, 9.17) is 4.42 Å². The summed E-state index contributed by atoms with van der Waals surface area (Å²) in [5.74, 6) is 2.83. The fourth-order valence-corrected chi connectivity index (χ4v) is 7.49. The van der Waals surface area contributed by atoms with E-state index in [1.807, 2.05) is 12.1 Å². The number of nitrogens with zero attached hydrogens (tertiary/aromatic N) is 1. The van der Waals surface area contributed by atoms with Crippen LogP contribution in [0, 0.1) is 17.8 Å². The van der Waals surface area contributed by atoms with E-state index >= 15 is 0 Å². The van der Waals surface area contributed by atoms with E-state index in [-0.39, 0.29) is 24.4 Å². The number of hydrogen-bond donors (Lipinski definition) is 1. The number of carbonyl (C=O) groups excluding carboxylic acids is 1. The Kier molecular flexibility index (Phi) is 5.12. The van der Waals surface area contributed by atoms with Gasteiger partial charge in [-0.05, 0) is 91.5 Å². The number of sulfonamides is 1. The van der Waals surface area contributed by atoms with Gasteiger partial charge in [-0.2, -0.15) is 0 Å². The van der Waals surface area contributed by atoms with Crippen LogP contribution in [0.1, 0.15) is 49.8 Å². The SMILES string of the molecule is CS(=O)(=O)N(CC(=O)NCc1ccco1)c1ccc(C23CC4CC(CC(C4)C2)C3)cc1. The third-order valence-electron chi connectivity index (χ3n) is 7.53. The molecule has 1 amide bonds. The molecule has 1 heterocycles. The molecule has 31 heavy (non-hydrogen) atoms. The number of hydrogen-bond acceptors (Lipinski definition) is 4. The van der Waals surface area contributed by atoms with Gasteiger partial charge < -0.3 is 9.73 Å². The molecule has 4 fully saturated rings. The van der Waals surface area contributed by atoms with Crippen molar-refractivity contribution in [1.29, 1.82) is 0 Å². The Morgan fingerprint density at radius 2 is 1.68 bits per heavy atom. The summed E-state index contributed by atoms with van der Waals surface area (Å²) in [5, 5.41) is 2.72. The molecular weight excluding hydrogens is 412 g/mol. The Bertz CT molecular complexity index is 1010. The average molecular weight is 443 g/mol. The maximum Gasteiger partial charge on any atom is 0.241 e. The second-order valence-corrected chi connectivity index (χ2v) is 11.8. The van der Waals surface area contributed by atoms with Gasteiger partial charge in [0.1, 0.15) is 12.3 Å². The van der Waals surface area contributed by atoms with Crippen molar-refractivity contribution in [1.82, 2.24) is 5.32 Å². The largest absolute Gasteiger partial charge is 0.467 e. The van der Waals surface area contributed by atoms with Crippen molar-refractivity contribution >= 4 is 21.6 Å². The minimum absolute atomic E-state index is 0.231. The first-order valence-corrected chi connectivity index (χ1v) is 13.0. The minimum Gasteiger partial charge on any atom is -0.467 e. The van der Waals surface area contributed by atoms with Gasteiger partial charge in [0.15, 0.2) is 0 Å². The molecule has 2 aromatic rings. The summed E-state index contributed by atoms with van der Waals surface area (Å²) in [4.78, 5) is 12.4. The predicted octanol–water partition coefficient (Wildman–Crippen LogP) is 3.83. The van der Waals surface area contributed by atoms with Crippen molar-refractivity contribution in [3.63, 3.8) is 0 Å². The first-order chi connectivity index (χ1) is 14.8. The molecule has 4 aliphatic rings. The number of furan rings is 1. The molecule has 1 N–H and O–H groups in total. The number of amides is 1. The molecule has 0 aliphatic heterocycles. The monoisotopic (exact) mass is 442 g/mol. The standard InChI is InChI=1S/C24H30N2O4S/c1-31(28,29)26(16-23(27)25-15-22-3-2-8-30-22)21-6-4-20(5-7-21)24-12-17-9-18(13-24)11-19(10-17)14-24/h2-8,17-19H,9-16H2,1H3,(H,25,27). The quantitative estimate of drug-likeness (QED) is 0.707. The Hall–Kier alpha value is -2.28.